The molecule has 0 bridgehead atoms. The fourth-order valence-corrected chi connectivity index (χ4v) is 6.34. The summed E-state index contributed by atoms with van der Waals surface area (Å²) in [6.07, 6.45) is 12.3. The lowest BCUT2D eigenvalue weighted by atomic mass is 9.63. The highest BCUT2D eigenvalue weighted by Gasteiger charge is 2.44. The maximum Gasteiger partial charge on any atom is 0.147 e. The number of piperidine rings is 1. The zero-order valence-corrected chi connectivity index (χ0v) is 21.3. The van der Waals surface area contributed by atoms with Crippen molar-refractivity contribution in [1.29, 1.82) is 0 Å². The van der Waals surface area contributed by atoms with E-state index < -0.39 is 0 Å². The molecule has 1 spiro atoms. The van der Waals surface area contributed by atoms with Crippen molar-refractivity contribution in [2.75, 3.05) is 18.0 Å². The fourth-order valence-electron chi connectivity index (χ4n) is 6.34. The number of allylic oxidation sites excluding steroid dienone is 2. The van der Waals surface area contributed by atoms with Crippen LogP contribution in [0.25, 0.3) is 27.7 Å². The topological polar surface area (TPSA) is 55.1 Å². The Morgan fingerprint density at radius 2 is 1.67 bits per heavy atom. The summed E-state index contributed by atoms with van der Waals surface area (Å²) in [5.41, 5.74) is 9.89. The number of rotatable bonds is 4. The highest BCUT2D eigenvalue weighted by Crippen LogP contribution is 2.56. The van der Waals surface area contributed by atoms with Gasteiger partial charge in [0, 0.05) is 47.9 Å². The SMILES string of the molecule is Cc1cncc(C)c1-c1noc(C2CC2)c1C1=CC2(CCN(c3ccc4c(C)cccc4n3)CC2)C1. The van der Waals surface area contributed by atoms with E-state index in [4.69, 9.17) is 9.51 Å². The summed E-state index contributed by atoms with van der Waals surface area (Å²) < 4.78 is 6.01. The quantitative estimate of drug-likeness (QED) is 0.313. The van der Waals surface area contributed by atoms with Gasteiger partial charge in [0.25, 0.3) is 0 Å². The maximum atomic E-state index is 6.01. The molecular formula is C31H32N4O. The number of fused-ring (bicyclic) bond motifs is 1. The van der Waals surface area contributed by atoms with Crippen LogP contribution < -0.4 is 4.90 Å². The second-order valence-electron chi connectivity index (χ2n) is 11.2. The van der Waals surface area contributed by atoms with Crippen molar-refractivity contribution in [2.45, 2.75) is 58.8 Å². The molecule has 1 saturated carbocycles. The largest absolute Gasteiger partial charge is 0.360 e. The zero-order valence-electron chi connectivity index (χ0n) is 21.3. The van der Waals surface area contributed by atoms with E-state index in [-0.39, 0.29) is 5.41 Å². The van der Waals surface area contributed by atoms with Crippen LogP contribution in [0, 0.1) is 26.2 Å². The third-order valence-electron chi connectivity index (χ3n) is 8.59. The van der Waals surface area contributed by atoms with Gasteiger partial charge < -0.3 is 9.42 Å². The lowest BCUT2D eigenvalue weighted by molar-refractivity contribution is 0.277. The molecule has 4 aromatic rings. The predicted octanol–water partition coefficient (Wildman–Crippen LogP) is 7.16. The summed E-state index contributed by atoms with van der Waals surface area (Å²) in [6, 6.07) is 10.8. The summed E-state index contributed by atoms with van der Waals surface area (Å²) >= 11 is 0. The molecule has 3 aromatic heterocycles. The molecule has 7 rings (SSSR count). The maximum absolute atomic E-state index is 6.01. The van der Waals surface area contributed by atoms with E-state index in [1.807, 2.05) is 12.4 Å². The van der Waals surface area contributed by atoms with Gasteiger partial charge in [-0.15, -0.1) is 0 Å². The molecule has 5 nitrogen and oxygen atoms in total. The molecular weight excluding hydrogens is 444 g/mol. The molecule has 3 aliphatic rings. The predicted molar refractivity (Wildman–Crippen MR) is 144 cm³/mol. The molecule has 182 valence electrons. The van der Waals surface area contributed by atoms with E-state index in [0.29, 0.717) is 5.92 Å². The van der Waals surface area contributed by atoms with Crippen LogP contribution in [-0.2, 0) is 0 Å². The zero-order chi connectivity index (χ0) is 24.4. The van der Waals surface area contributed by atoms with Gasteiger partial charge in [0.1, 0.15) is 17.3 Å². The summed E-state index contributed by atoms with van der Waals surface area (Å²) in [5, 5.41) is 5.88. The van der Waals surface area contributed by atoms with E-state index in [1.165, 1.54) is 40.5 Å². The third kappa shape index (κ3) is 3.47. The van der Waals surface area contributed by atoms with Crippen molar-refractivity contribution in [1.82, 2.24) is 15.1 Å². The highest BCUT2D eigenvalue weighted by molar-refractivity contribution is 5.86. The Kier molecular flexibility index (Phi) is 4.85. The third-order valence-corrected chi connectivity index (χ3v) is 8.59. The molecule has 0 unspecified atom stereocenters. The number of hydrogen-bond donors (Lipinski definition) is 0. The lowest BCUT2D eigenvalue weighted by Crippen LogP contribution is -2.42. The van der Waals surface area contributed by atoms with E-state index in [0.717, 1.165) is 66.3 Å². The standard InChI is InChI=1S/C31H32N4O/c1-19-5-4-6-25-24(19)9-10-26(33-25)35-13-11-31(12-14-35)15-23(16-31)28-29(34-36-30(28)22-7-8-22)27-20(2)17-32-18-21(27)3/h4-6,9-10,15,17-18,22H,7-8,11-14,16H2,1-3H3. The summed E-state index contributed by atoms with van der Waals surface area (Å²) in [5.74, 6) is 2.74. The first-order chi connectivity index (χ1) is 17.5. The Bertz CT molecular complexity index is 1500. The summed E-state index contributed by atoms with van der Waals surface area (Å²) in [4.78, 5) is 11.8. The molecule has 1 aromatic carbocycles. The molecule has 0 amide bonds. The van der Waals surface area contributed by atoms with Crippen molar-refractivity contribution in [3.05, 3.63) is 76.8 Å². The minimum atomic E-state index is 0.289. The Balaban J connectivity index is 1.15. The van der Waals surface area contributed by atoms with Gasteiger partial charge in [-0.05, 0) is 98.8 Å². The first-order valence-corrected chi connectivity index (χ1v) is 13.3. The normalized spacial score (nSPS) is 19.0. The average Bonchev–Trinajstić information content (AvgIpc) is 3.62. The van der Waals surface area contributed by atoms with Crippen LogP contribution in [-0.4, -0.2) is 28.2 Å². The van der Waals surface area contributed by atoms with Gasteiger partial charge >= 0.3 is 0 Å². The molecule has 5 heteroatoms. The van der Waals surface area contributed by atoms with Crippen LogP contribution >= 0.6 is 0 Å². The molecule has 2 aliphatic carbocycles. The molecule has 4 heterocycles. The van der Waals surface area contributed by atoms with E-state index in [1.54, 1.807) is 0 Å². The number of aryl methyl sites for hydroxylation is 3. The number of nitrogens with zero attached hydrogens (tertiary/aromatic N) is 4. The molecule has 36 heavy (non-hydrogen) atoms. The second-order valence-corrected chi connectivity index (χ2v) is 11.2. The van der Waals surface area contributed by atoms with Gasteiger partial charge in [0.15, 0.2) is 0 Å². The van der Waals surface area contributed by atoms with Crippen LogP contribution in [0.1, 0.15) is 66.0 Å². The van der Waals surface area contributed by atoms with Gasteiger partial charge in [-0.3, -0.25) is 4.98 Å². The van der Waals surface area contributed by atoms with Gasteiger partial charge in [-0.25, -0.2) is 4.98 Å². The minimum absolute atomic E-state index is 0.289. The minimum Gasteiger partial charge on any atom is -0.360 e. The Hall–Kier alpha value is -3.47. The second kappa shape index (κ2) is 8.02. The molecule has 0 radical (unpaired) electrons. The number of hydrogen-bond acceptors (Lipinski definition) is 5. The van der Waals surface area contributed by atoms with Crippen LogP contribution in [0.5, 0.6) is 0 Å². The lowest BCUT2D eigenvalue weighted by Gasteiger charge is -2.46. The van der Waals surface area contributed by atoms with Crippen LogP contribution in [0.3, 0.4) is 0 Å². The molecule has 2 fully saturated rings. The van der Waals surface area contributed by atoms with Gasteiger partial charge in [-0.1, -0.05) is 23.4 Å². The van der Waals surface area contributed by atoms with E-state index >= 15 is 0 Å². The summed E-state index contributed by atoms with van der Waals surface area (Å²) in [7, 11) is 0. The van der Waals surface area contributed by atoms with Crippen molar-refractivity contribution in [2.24, 2.45) is 5.41 Å². The van der Waals surface area contributed by atoms with Crippen molar-refractivity contribution in [3.8, 4) is 11.3 Å². The van der Waals surface area contributed by atoms with Crippen LogP contribution in [0.15, 0.2) is 53.3 Å². The number of pyridine rings is 2. The van der Waals surface area contributed by atoms with Crippen molar-refractivity contribution < 1.29 is 4.52 Å². The van der Waals surface area contributed by atoms with Crippen molar-refractivity contribution in [3.63, 3.8) is 0 Å². The molecule has 1 aliphatic heterocycles. The van der Waals surface area contributed by atoms with E-state index in [2.05, 4.69) is 72.2 Å². The molecule has 1 saturated heterocycles. The summed E-state index contributed by atoms with van der Waals surface area (Å²) in [6.45, 7) is 8.49. The molecule has 0 N–H and O–H groups in total. The van der Waals surface area contributed by atoms with Gasteiger partial charge in [0.05, 0.1) is 5.52 Å². The first-order valence-electron chi connectivity index (χ1n) is 13.3. The van der Waals surface area contributed by atoms with Gasteiger partial charge in [0.2, 0.25) is 0 Å². The number of benzene rings is 1. The Morgan fingerprint density at radius 3 is 2.39 bits per heavy atom. The Labute approximate surface area is 212 Å². The highest BCUT2D eigenvalue weighted by atomic mass is 16.5. The molecule has 0 atom stereocenters. The van der Waals surface area contributed by atoms with Crippen molar-refractivity contribution >= 4 is 22.3 Å². The van der Waals surface area contributed by atoms with Crippen LogP contribution in [0.2, 0.25) is 0 Å². The smallest absolute Gasteiger partial charge is 0.147 e. The fraction of sp³-hybridized carbons (Fsp3) is 0.387. The van der Waals surface area contributed by atoms with Gasteiger partial charge in [-0.2, -0.15) is 0 Å². The van der Waals surface area contributed by atoms with E-state index in [9.17, 15) is 0 Å². The Morgan fingerprint density at radius 1 is 0.917 bits per heavy atom. The number of aromatic nitrogens is 3. The first kappa shape index (κ1) is 21.8. The number of anilines is 1. The average molecular weight is 477 g/mol. The van der Waals surface area contributed by atoms with Crippen LogP contribution in [0.4, 0.5) is 5.82 Å². The monoisotopic (exact) mass is 476 g/mol.